The Labute approximate surface area is 111 Å². The van der Waals surface area contributed by atoms with E-state index in [1.54, 1.807) is 36.4 Å². The standard InChI is InChI=1S/C15H15FN2O/c1-10-6-12(8-13(17)7-10)15(19)18-9-11-4-2-3-5-14(11)16/h2-8H,9,17H2,1H3,(H,18,19). The molecule has 0 radical (unpaired) electrons. The van der Waals surface area contributed by atoms with E-state index in [1.165, 1.54) is 6.07 Å². The largest absolute Gasteiger partial charge is 0.399 e. The van der Waals surface area contributed by atoms with Crippen LogP contribution in [0.3, 0.4) is 0 Å². The molecule has 1 amide bonds. The third-order valence-corrected chi connectivity index (χ3v) is 2.76. The maximum Gasteiger partial charge on any atom is 0.251 e. The number of hydrogen-bond donors (Lipinski definition) is 2. The SMILES string of the molecule is Cc1cc(N)cc(C(=O)NCc2ccccc2F)c1. The summed E-state index contributed by atoms with van der Waals surface area (Å²) in [7, 11) is 0. The summed E-state index contributed by atoms with van der Waals surface area (Å²) in [4.78, 5) is 11.9. The van der Waals surface area contributed by atoms with Crippen molar-refractivity contribution < 1.29 is 9.18 Å². The van der Waals surface area contributed by atoms with Crippen LogP contribution in [0, 0.1) is 12.7 Å². The number of benzene rings is 2. The number of anilines is 1. The van der Waals surface area contributed by atoms with E-state index in [0.717, 1.165) is 5.56 Å². The molecule has 0 unspecified atom stereocenters. The van der Waals surface area contributed by atoms with E-state index in [9.17, 15) is 9.18 Å². The topological polar surface area (TPSA) is 55.1 Å². The zero-order valence-electron chi connectivity index (χ0n) is 10.6. The quantitative estimate of drug-likeness (QED) is 0.831. The van der Waals surface area contributed by atoms with Crippen LogP contribution in [0.2, 0.25) is 0 Å². The number of carbonyl (C=O) groups is 1. The fourth-order valence-electron chi connectivity index (χ4n) is 1.86. The Morgan fingerprint density at radius 2 is 2.00 bits per heavy atom. The van der Waals surface area contributed by atoms with Gasteiger partial charge in [-0.05, 0) is 36.8 Å². The van der Waals surface area contributed by atoms with Gasteiger partial charge in [0, 0.05) is 23.4 Å². The van der Waals surface area contributed by atoms with Gasteiger partial charge in [0.25, 0.3) is 5.91 Å². The predicted octanol–water partition coefficient (Wildman–Crippen LogP) is 2.65. The van der Waals surface area contributed by atoms with Crippen molar-refractivity contribution in [1.82, 2.24) is 5.32 Å². The summed E-state index contributed by atoms with van der Waals surface area (Å²) in [5.41, 5.74) is 8.08. The summed E-state index contributed by atoms with van der Waals surface area (Å²) in [6, 6.07) is 11.5. The second-order valence-electron chi connectivity index (χ2n) is 4.41. The minimum absolute atomic E-state index is 0.152. The van der Waals surface area contributed by atoms with Crippen molar-refractivity contribution in [3.05, 3.63) is 65.0 Å². The van der Waals surface area contributed by atoms with Crippen LogP contribution in [0.1, 0.15) is 21.5 Å². The first-order valence-electron chi connectivity index (χ1n) is 5.95. The summed E-state index contributed by atoms with van der Waals surface area (Å²) in [6.45, 7) is 2.02. The molecule has 0 aliphatic rings. The maximum atomic E-state index is 13.4. The van der Waals surface area contributed by atoms with Crippen molar-refractivity contribution in [2.45, 2.75) is 13.5 Å². The van der Waals surface area contributed by atoms with E-state index in [0.29, 0.717) is 16.8 Å². The molecule has 4 heteroatoms. The summed E-state index contributed by atoms with van der Waals surface area (Å²) in [5.74, 6) is -0.592. The minimum Gasteiger partial charge on any atom is -0.399 e. The molecule has 0 fully saturated rings. The number of nitrogens with two attached hydrogens (primary N) is 1. The molecule has 0 aliphatic carbocycles. The van der Waals surface area contributed by atoms with Crippen molar-refractivity contribution in [3.63, 3.8) is 0 Å². The van der Waals surface area contributed by atoms with E-state index in [4.69, 9.17) is 5.73 Å². The Morgan fingerprint density at radius 1 is 1.26 bits per heavy atom. The first-order valence-corrected chi connectivity index (χ1v) is 5.95. The highest BCUT2D eigenvalue weighted by atomic mass is 19.1. The lowest BCUT2D eigenvalue weighted by Crippen LogP contribution is -2.23. The van der Waals surface area contributed by atoms with Crippen LogP contribution in [-0.4, -0.2) is 5.91 Å². The summed E-state index contributed by atoms with van der Waals surface area (Å²) in [5, 5.41) is 2.68. The van der Waals surface area contributed by atoms with Crippen LogP contribution in [0.5, 0.6) is 0 Å². The number of halogens is 1. The number of carbonyl (C=O) groups excluding carboxylic acids is 1. The van der Waals surface area contributed by atoms with E-state index in [-0.39, 0.29) is 18.3 Å². The van der Waals surface area contributed by atoms with Gasteiger partial charge in [0.1, 0.15) is 5.82 Å². The monoisotopic (exact) mass is 258 g/mol. The fourth-order valence-corrected chi connectivity index (χ4v) is 1.86. The highest BCUT2D eigenvalue weighted by Crippen LogP contribution is 2.12. The molecule has 3 nitrogen and oxygen atoms in total. The number of amides is 1. The van der Waals surface area contributed by atoms with Gasteiger partial charge >= 0.3 is 0 Å². The van der Waals surface area contributed by atoms with Gasteiger partial charge in [0.15, 0.2) is 0 Å². The Balaban J connectivity index is 2.08. The molecule has 0 atom stereocenters. The zero-order valence-corrected chi connectivity index (χ0v) is 10.6. The van der Waals surface area contributed by atoms with Gasteiger partial charge in [-0.25, -0.2) is 4.39 Å². The molecular formula is C15H15FN2O. The van der Waals surface area contributed by atoms with Crippen molar-refractivity contribution in [2.24, 2.45) is 0 Å². The van der Waals surface area contributed by atoms with Crippen molar-refractivity contribution in [2.75, 3.05) is 5.73 Å². The van der Waals surface area contributed by atoms with Gasteiger partial charge < -0.3 is 11.1 Å². The third-order valence-electron chi connectivity index (χ3n) is 2.76. The average Bonchev–Trinajstić information content (AvgIpc) is 2.36. The predicted molar refractivity (Wildman–Crippen MR) is 73.2 cm³/mol. The molecule has 2 aromatic rings. The second-order valence-corrected chi connectivity index (χ2v) is 4.41. The van der Waals surface area contributed by atoms with Gasteiger partial charge in [-0.1, -0.05) is 18.2 Å². The van der Waals surface area contributed by atoms with Crippen molar-refractivity contribution >= 4 is 11.6 Å². The van der Waals surface area contributed by atoms with Gasteiger partial charge in [0.2, 0.25) is 0 Å². The maximum absolute atomic E-state index is 13.4. The summed E-state index contributed by atoms with van der Waals surface area (Å²) >= 11 is 0. The van der Waals surface area contributed by atoms with E-state index in [1.807, 2.05) is 6.92 Å². The van der Waals surface area contributed by atoms with Crippen LogP contribution in [0.25, 0.3) is 0 Å². The van der Waals surface area contributed by atoms with Crippen LogP contribution in [-0.2, 0) is 6.54 Å². The molecule has 0 spiro atoms. The lowest BCUT2D eigenvalue weighted by molar-refractivity contribution is 0.0950. The summed E-state index contributed by atoms with van der Waals surface area (Å²) in [6.07, 6.45) is 0. The first-order chi connectivity index (χ1) is 9.06. The van der Waals surface area contributed by atoms with Gasteiger partial charge in [-0.15, -0.1) is 0 Å². The Kier molecular flexibility index (Phi) is 3.80. The number of nitrogens with one attached hydrogen (secondary N) is 1. The van der Waals surface area contributed by atoms with E-state index < -0.39 is 0 Å². The molecule has 0 bridgehead atoms. The Hall–Kier alpha value is -2.36. The zero-order chi connectivity index (χ0) is 13.8. The molecular weight excluding hydrogens is 243 g/mol. The highest BCUT2D eigenvalue weighted by Gasteiger charge is 2.08. The molecule has 0 heterocycles. The second kappa shape index (κ2) is 5.52. The van der Waals surface area contributed by atoms with Crippen LogP contribution in [0.15, 0.2) is 42.5 Å². The third kappa shape index (κ3) is 3.31. The first kappa shape index (κ1) is 13.1. The minimum atomic E-state index is -0.327. The van der Waals surface area contributed by atoms with Gasteiger partial charge in [-0.3, -0.25) is 4.79 Å². The molecule has 0 aliphatic heterocycles. The van der Waals surface area contributed by atoms with Gasteiger partial charge in [-0.2, -0.15) is 0 Å². The molecule has 98 valence electrons. The molecule has 0 saturated carbocycles. The highest BCUT2D eigenvalue weighted by molar-refractivity contribution is 5.95. The molecule has 0 saturated heterocycles. The van der Waals surface area contributed by atoms with Crippen molar-refractivity contribution in [3.8, 4) is 0 Å². The number of aryl methyl sites for hydroxylation is 1. The lowest BCUT2D eigenvalue weighted by atomic mass is 10.1. The number of rotatable bonds is 3. The van der Waals surface area contributed by atoms with Crippen LogP contribution >= 0.6 is 0 Å². The molecule has 2 rings (SSSR count). The average molecular weight is 258 g/mol. The van der Waals surface area contributed by atoms with E-state index in [2.05, 4.69) is 5.32 Å². The molecule has 2 aromatic carbocycles. The smallest absolute Gasteiger partial charge is 0.251 e. The Bertz CT molecular complexity index is 591. The summed E-state index contributed by atoms with van der Waals surface area (Å²) < 4.78 is 13.4. The van der Waals surface area contributed by atoms with E-state index >= 15 is 0 Å². The number of hydrogen-bond acceptors (Lipinski definition) is 2. The Morgan fingerprint density at radius 3 is 2.68 bits per heavy atom. The van der Waals surface area contributed by atoms with Crippen molar-refractivity contribution in [1.29, 1.82) is 0 Å². The molecule has 0 aromatic heterocycles. The lowest BCUT2D eigenvalue weighted by Gasteiger charge is -2.07. The van der Waals surface area contributed by atoms with Gasteiger partial charge in [0.05, 0.1) is 0 Å². The van der Waals surface area contributed by atoms with Crippen LogP contribution < -0.4 is 11.1 Å². The van der Waals surface area contributed by atoms with Crippen LogP contribution in [0.4, 0.5) is 10.1 Å². The molecule has 19 heavy (non-hydrogen) atoms. The normalized spacial score (nSPS) is 10.2. The fraction of sp³-hybridized carbons (Fsp3) is 0.133. The number of nitrogen functional groups attached to an aromatic ring is 1. The molecule has 3 N–H and O–H groups in total.